The van der Waals surface area contributed by atoms with Crippen molar-refractivity contribution in [3.05, 3.63) is 66.1 Å². The van der Waals surface area contributed by atoms with Gasteiger partial charge >= 0.3 is 0 Å². The number of rotatable bonds is 6. The van der Waals surface area contributed by atoms with Crippen molar-refractivity contribution in [2.45, 2.75) is 25.2 Å². The smallest absolute Gasteiger partial charge is 0.231 e. The van der Waals surface area contributed by atoms with E-state index >= 15 is 0 Å². The molecule has 0 unspecified atom stereocenters. The Morgan fingerprint density at radius 1 is 1.17 bits per heavy atom. The van der Waals surface area contributed by atoms with E-state index in [1.807, 2.05) is 0 Å². The number of halogens is 2. The average molecular weight is 412 g/mol. The van der Waals surface area contributed by atoms with Gasteiger partial charge in [-0.3, -0.25) is 4.79 Å². The number of carbonyl (C=O) groups is 1. The first-order valence-corrected chi connectivity index (χ1v) is 9.94. The second-order valence-corrected chi connectivity index (χ2v) is 7.41. The third kappa shape index (κ3) is 5.07. The monoisotopic (exact) mass is 412 g/mol. The fourth-order valence-electron chi connectivity index (χ4n) is 3.63. The molecule has 1 fully saturated rings. The highest BCUT2D eigenvalue weighted by Gasteiger charge is 2.26. The van der Waals surface area contributed by atoms with Crippen molar-refractivity contribution in [1.29, 1.82) is 0 Å². The van der Waals surface area contributed by atoms with Gasteiger partial charge in [-0.1, -0.05) is 11.2 Å². The Kier molecular flexibility index (Phi) is 6.13. The predicted molar refractivity (Wildman–Crippen MR) is 108 cm³/mol. The molecule has 1 aliphatic rings. The molecule has 1 aromatic heterocycles. The van der Waals surface area contributed by atoms with Crippen LogP contribution in [0.2, 0.25) is 0 Å². The van der Waals surface area contributed by atoms with E-state index in [1.165, 1.54) is 24.3 Å². The maximum absolute atomic E-state index is 13.2. The first-order chi connectivity index (χ1) is 14.6. The molecule has 0 saturated carbocycles. The highest BCUT2D eigenvalue weighted by molar-refractivity contribution is 5.90. The molecule has 4 rings (SSSR count). The maximum atomic E-state index is 13.2. The molecule has 2 aromatic carbocycles. The van der Waals surface area contributed by atoms with Crippen molar-refractivity contribution in [3.63, 3.8) is 0 Å². The summed E-state index contributed by atoms with van der Waals surface area (Å²) in [7, 11) is 0. The van der Waals surface area contributed by atoms with E-state index in [1.54, 1.807) is 24.3 Å². The van der Waals surface area contributed by atoms with Crippen LogP contribution in [-0.4, -0.2) is 40.6 Å². The van der Waals surface area contributed by atoms with Gasteiger partial charge in [0.2, 0.25) is 17.6 Å². The van der Waals surface area contributed by atoms with Crippen molar-refractivity contribution in [2.75, 3.05) is 25.0 Å². The lowest BCUT2D eigenvalue weighted by Gasteiger charge is -2.30. The Hall–Kier alpha value is -3.13. The van der Waals surface area contributed by atoms with Gasteiger partial charge in [0, 0.05) is 30.8 Å². The zero-order valence-corrected chi connectivity index (χ0v) is 16.4. The van der Waals surface area contributed by atoms with Gasteiger partial charge in [0.1, 0.15) is 11.6 Å². The molecule has 6 nitrogen and oxygen atoms in total. The number of anilines is 1. The van der Waals surface area contributed by atoms with Crippen LogP contribution in [0.25, 0.3) is 11.4 Å². The van der Waals surface area contributed by atoms with Crippen molar-refractivity contribution in [1.82, 2.24) is 15.0 Å². The summed E-state index contributed by atoms with van der Waals surface area (Å²) < 4.78 is 31.8. The second kappa shape index (κ2) is 9.13. The summed E-state index contributed by atoms with van der Waals surface area (Å²) in [6.07, 6.45) is 2.20. The lowest BCUT2D eigenvalue weighted by Crippen LogP contribution is -2.36. The lowest BCUT2D eigenvalue weighted by molar-refractivity contribution is -0.116. The first-order valence-electron chi connectivity index (χ1n) is 9.94. The number of carbonyl (C=O) groups excluding carboxylic acids is 1. The second-order valence-electron chi connectivity index (χ2n) is 7.41. The highest BCUT2D eigenvalue weighted by Crippen LogP contribution is 2.27. The minimum atomic E-state index is -0.383. The number of aromatic nitrogens is 2. The molecule has 0 radical (unpaired) electrons. The summed E-state index contributed by atoms with van der Waals surface area (Å²) in [5.74, 6) is 0.240. The summed E-state index contributed by atoms with van der Waals surface area (Å²) in [6, 6.07) is 11.8. The van der Waals surface area contributed by atoms with Gasteiger partial charge in [0.05, 0.1) is 5.92 Å². The fraction of sp³-hybridized carbons (Fsp3) is 0.318. The maximum Gasteiger partial charge on any atom is 0.231 e. The van der Waals surface area contributed by atoms with Crippen LogP contribution in [0.5, 0.6) is 0 Å². The molecule has 1 saturated heterocycles. The topological polar surface area (TPSA) is 71.3 Å². The third-order valence-corrected chi connectivity index (χ3v) is 5.16. The Bertz CT molecular complexity index is 1010. The van der Waals surface area contributed by atoms with Crippen molar-refractivity contribution in [3.8, 4) is 11.4 Å². The fourth-order valence-corrected chi connectivity index (χ4v) is 3.63. The lowest BCUT2D eigenvalue weighted by atomic mass is 9.98. The summed E-state index contributed by atoms with van der Waals surface area (Å²) >= 11 is 0. The van der Waals surface area contributed by atoms with Crippen LogP contribution in [0.15, 0.2) is 53.1 Å². The van der Waals surface area contributed by atoms with E-state index in [0.717, 1.165) is 25.9 Å². The molecule has 1 atom stereocenters. The van der Waals surface area contributed by atoms with Crippen molar-refractivity contribution in [2.24, 2.45) is 0 Å². The van der Waals surface area contributed by atoms with E-state index in [-0.39, 0.29) is 23.5 Å². The number of nitrogens with one attached hydrogen (secondary N) is 1. The third-order valence-electron chi connectivity index (χ3n) is 5.16. The van der Waals surface area contributed by atoms with E-state index in [0.29, 0.717) is 35.9 Å². The Morgan fingerprint density at radius 2 is 2.00 bits per heavy atom. The number of hydrogen-bond acceptors (Lipinski definition) is 5. The highest BCUT2D eigenvalue weighted by atomic mass is 19.1. The predicted octanol–water partition coefficient (Wildman–Crippen LogP) is 4.22. The van der Waals surface area contributed by atoms with E-state index < -0.39 is 0 Å². The summed E-state index contributed by atoms with van der Waals surface area (Å²) in [5, 5.41) is 6.74. The van der Waals surface area contributed by atoms with E-state index in [9.17, 15) is 13.6 Å². The van der Waals surface area contributed by atoms with Crippen LogP contribution >= 0.6 is 0 Å². The number of amides is 1. The number of nitrogens with zero attached hydrogens (tertiary/aromatic N) is 3. The molecule has 1 aliphatic heterocycles. The zero-order valence-electron chi connectivity index (χ0n) is 16.4. The number of benzene rings is 2. The number of piperidine rings is 1. The van der Waals surface area contributed by atoms with Crippen LogP contribution in [-0.2, 0) is 4.79 Å². The molecular formula is C22H22F2N4O2. The molecule has 1 amide bonds. The van der Waals surface area contributed by atoms with Crippen LogP contribution in [0.1, 0.15) is 31.1 Å². The van der Waals surface area contributed by atoms with Gasteiger partial charge in [0.15, 0.2) is 0 Å². The Balaban J connectivity index is 1.31. The van der Waals surface area contributed by atoms with E-state index in [4.69, 9.17) is 4.52 Å². The molecule has 30 heavy (non-hydrogen) atoms. The van der Waals surface area contributed by atoms with Crippen LogP contribution in [0.4, 0.5) is 14.5 Å². The van der Waals surface area contributed by atoms with Gasteiger partial charge in [-0.15, -0.1) is 0 Å². The van der Waals surface area contributed by atoms with Gasteiger partial charge < -0.3 is 14.7 Å². The minimum absolute atomic E-state index is 0.0896. The summed E-state index contributed by atoms with van der Waals surface area (Å²) in [5.41, 5.74) is 1.16. The first kappa shape index (κ1) is 20.2. The largest absolute Gasteiger partial charge is 0.339 e. The molecule has 156 valence electrons. The molecule has 0 bridgehead atoms. The number of likely N-dealkylation sites (tertiary alicyclic amines) is 1. The molecule has 0 aliphatic carbocycles. The molecule has 8 heteroatoms. The standard InChI is InChI=1S/C22H22F2N4O2/c23-17-8-6-15(7-9-17)21-26-22(30-27-21)16-3-2-11-28(14-16)12-10-20(29)25-19-5-1-4-18(24)13-19/h1,4-9,13,16H,2-3,10-12,14H2,(H,25,29)/t16-/m0/s1. The SMILES string of the molecule is O=C(CCN1CCC[C@H](c2nc(-c3ccc(F)cc3)no2)C1)Nc1cccc(F)c1. The van der Waals surface area contributed by atoms with E-state index in [2.05, 4.69) is 20.4 Å². The van der Waals surface area contributed by atoms with Crippen LogP contribution in [0.3, 0.4) is 0 Å². The summed E-state index contributed by atoms with van der Waals surface area (Å²) in [4.78, 5) is 18.9. The normalized spacial score (nSPS) is 17.1. The van der Waals surface area contributed by atoms with Crippen molar-refractivity contribution < 1.29 is 18.1 Å². The van der Waals surface area contributed by atoms with Gasteiger partial charge in [-0.2, -0.15) is 4.98 Å². The van der Waals surface area contributed by atoms with Crippen LogP contribution < -0.4 is 5.32 Å². The molecule has 1 N–H and O–H groups in total. The Morgan fingerprint density at radius 3 is 2.80 bits per heavy atom. The van der Waals surface area contributed by atoms with Crippen molar-refractivity contribution >= 4 is 11.6 Å². The van der Waals surface area contributed by atoms with Gasteiger partial charge in [-0.05, 0) is 61.9 Å². The summed E-state index contributed by atoms with van der Waals surface area (Å²) in [6.45, 7) is 2.21. The van der Waals surface area contributed by atoms with Gasteiger partial charge in [-0.25, -0.2) is 8.78 Å². The molecule has 0 spiro atoms. The molecule has 3 aromatic rings. The van der Waals surface area contributed by atoms with Gasteiger partial charge in [0.25, 0.3) is 0 Å². The molecule has 2 heterocycles. The van der Waals surface area contributed by atoms with Crippen LogP contribution in [0, 0.1) is 11.6 Å². The Labute approximate surface area is 172 Å². The zero-order chi connectivity index (χ0) is 20.9. The minimum Gasteiger partial charge on any atom is -0.339 e. The molecular weight excluding hydrogens is 390 g/mol. The quantitative estimate of drug-likeness (QED) is 0.656. The number of hydrogen-bond donors (Lipinski definition) is 1. The average Bonchev–Trinajstić information content (AvgIpc) is 3.23.